The zero-order valence-electron chi connectivity index (χ0n) is 7.11. The van der Waals surface area contributed by atoms with Gasteiger partial charge >= 0.3 is 0 Å². The summed E-state index contributed by atoms with van der Waals surface area (Å²) in [6.07, 6.45) is 5.61. The molecule has 0 unspecified atom stereocenters. The van der Waals surface area contributed by atoms with E-state index in [0.717, 1.165) is 6.54 Å². The third kappa shape index (κ3) is 1.67. The number of nitrogens with zero attached hydrogens (tertiary/aromatic N) is 1. The van der Waals surface area contributed by atoms with Crippen LogP contribution in [0.25, 0.3) is 0 Å². The second kappa shape index (κ2) is 3.44. The maximum absolute atomic E-state index is 2.34. The van der Waals surface area contributed by atoms with Gasteiger partial charge in [0.05, 0.1) is 0 Å². The van der Waals surface area contributed by atoms with Crippen molar-refractivity contribution >= 4 is 0 Å². The lowest BCUT2D eigenvalue weighted by atomic mass is 10.2. The van der Waals surface area contributed by atoms with Crippen LogP contribution < -0.4 is 0 Å². The van der Waals surface area contributed by atoms with Gasteiger partial charge in [-0.25, -0.2) is 0 Å². The molecule has 2 rings (SSSR count). The predicted octanol–water partition coefficient (Wildman–Crippen LogP) is 2.41. The van der Waals surface area contributed by atoms with Crippen LogP contribution in [-0.2, 0) is 6.54 Å². The van der Waals surface area contributed by atoms with Crippen molar-refractivity contribution in [1.82, 2.24) is 4.90 Å². The van der Waals surface area contributed by atoms with Crippen molar-refractivity contribution in [2.75, 3.05) is 6.54 Å². The topological polar surface area (TPSA) is 3.24 Å². The van der Waals surface area contributed by atoms with E-state index < -0.39 is 0 Å². The smallest absolute Gasteiger partial charge is 0.0423 e. The van der Waals surface area contributed by atoms with Gasteiger partial charge in [-0.2, -0.15) is 0 Å². The highest BCUT2D eigenvalue weighted by Gasteiger charge is 2.03. The number of hydrogen-bond acceptors (Lipinski definition) is 1. The van der Waals surface area contributed by atoms with Crippen molar-refractivity contribution in [2.24, 2.45) is 0 Å². The van der Waals surface area contributed by atoms with Crippen molar-refractivity contribution in [2.45, 2.75) is 13.0 Å². The van der Waals surface area contributed by atoms with Gasteiger partial charge in [0.1, 0.15) is 0 Å². The first-order valence-corrected chi connectivity index (χ1v) is 4.40. The van der Waals surface area contributed by atoms with E-state index in [2.05, 4.69) is 47.5 Å². The fourth-order valence-corrected chi connectivity index (χ4v) is 1.49. The lowest BCUT2D eigenvalue weighted by molar-refractivity contribution is 0.400. The van der Waals surface area contributed by atoms with E-state index in [1.165, 1.54) is 18.5 Å². The molecule has 0 saturated carbocycles. The van der Waals surface area contributed by atoms with Crippen molar-refractivity contribution in [3.05, 3.63) is 48.2 Å². The molecule has 0 radical (unpaired) electrons. The molecular weight excluding hydrogens is 146 g/mol. The fourth-order valence-electron chi connectivity index (χ4n) is 1.49. The van der Waals surface area contributed by atoms with Gasteiger partial charge in [-0.05, 0) is 18.2 Å². The van der Waals surface area contributed by atoms with Gasteiger partial charge in [0.25, 0.3) is 0 Å². The molecule has 1 aliphatic heterocycles. The van der Waals surface area contributed by atoms with Crippen molar-refractivity contribution < 1.29 is 0 Å². The zero-order valence-corrected chi connectivity index (χ0v) is 7.11. The molecule has 0 bridgehead atoms. The predicted molar refractivity (Wildman–Crippen MR) is 50.6 cm³/mol. The summed E-state index contributed by atoms with van der Waals surface area (Å²) in [4.78, 5) is 2.34. The number of benzene rings is 1. The first kappa shape index (κ1) is 7.41. The van der Waals surface area contributed by atoms with Gasteiger partial charge in [-0.1, -0.05) is 36.4 Å². The van der Waals surface area contributed by atoms with Gasteiger partial charge in [0, 0.05) is 13.1 Å². The minimum Gasteiger partial charge on any atom is -0.373 e. The van der Waals surface area contributed by atoms with Crippen LogP contribution >= 0.6 is 0 Å². The minimum absolute atomic E-state index is 1.05. The van der Waals surface area contributed by atoms with E-state index >= 15 is 0 Å². The van der Waals surface area contributed by atoms with Gasteiger partial charge in [0.15, 0.2) is 0 Å². The highest BCUT2D eigenvalue weighted by Crippen LogP contribution is 2.09. The number of rotatable bonds is 2. The Kier molecular flexibility index (Phi) is 2.12. The molecule has 0 N–H and O–H groups in total. The van der Waals surface area contributed by atoms with Gasteiger partial charge < -0.3 is 4.90 Å². The summed E-state index contributed by atoms with van der Waals surface area (Å²) in [5, 5.41) is 0. The molecule has 0 aromatic heterocycles. The molecule has 12 heavy (non-hydrogen) atoms. The Morgan fingerprint density at radius 1 is 1.17 bits per heavy atom. The van der Waals surface area contributed by atoms with Crippen LogP contribution in [0.15, 0.2) is 42.6 Å². The average Bonchev–Trinajstić information content (AvgIpc) is 2.59. The van der Waals surface area contributed by atoms with Gasteiger partial charge in [-0.3, -0.25) is 0 Å². The monoisotopic (exact) mass is 159 g/mol. The Hall–Kier alpha value is -1.24. The molecule has 1 heterocycles. The maximum Gasteiger partial charge on any atom is 0.0423 e. The average molecular weight is 159 g/mol. The van der Waals surface area contributed by atoms with Gasteiger partial charge in [-0.15, -0.1) is 0 Å². The quantitative estimate of drug-likeness (QED) is 0.640. The summed E-state index contributed by atoms with van der Waals surface area (Å²) in [6.45, 7) is 2.23. The van der Waals surface area contributed by atoms with Crippen LogP contribution in [-0.4, -0.2) is 11.4 Å². The summed E-state index contributed by atoms with van der Waals surface area (Å²) < 4.78 is 0. The van der Waals surface area contributed by atoms with E-state index in [0.29, 0.717) is 0 Å². The van der Waals surface area contributed by atoms with E-state index in [9.17, 15) is 0 Å². The summed E-state index contributed by atoms with van der Waals surface area (Å²) in [5.74, 6) is 0. The summed E-state index contributed by atoms with van der Waals surface area (Å²) >= 11 is 0. The Morgan fingerprint density at radius 3 is 2.67 bits per heavy atom. The van der Waals surface area contributed by atoms with E-state index in [1.54, 1.807) is 0 Å². The summed E-state index contributed by atoms with van der Waals surface area (Å²) in [6, 6.07) is 10.6. The standard InChI is InChI=1S/C11H13N/c1-2-6-11(7-3-1)10-12-8-4-5-9-12/h1-4,6-8H,5,9-10H2. The fraction of sp³-hybridized carbons (Fsp3) is 0.273. The Balaban J connectivity index is 1.99. The van der Waals surface area contributed by atoms with E-state index in [4.69, 9.17) is 0 Å². The van der Waals surface area contributed by atoms with Crippen LogP contribution in [0.5, 0.6) is 0 Å². The third-order valence-corrected chi connectivity index (χ3v) is 2.13. The first-order valence-electron chi connectivity index (χ1n) is 4.40. The van der Waals surface area contributed by atoms with Crippen LogP contribution in [0.1, 0.15) is 12.0 Å². The molecular formula is C11H13N. The highest BCUT2D eigenvalue weighted by molar-refractivity contribution is 5.15. The molecule has 1 aromatic rings. The molecule has 1 nitrogen and oxygen atoms in total. The summed E-state index contributed by atoms with van der Waals surface area (Å²) in [5.41, 5.74) is 1.39. The molecule has 1 heteroatoms. The van der Waals surface area contributed by atoms with E-state index in [-0.39, 0.29) is 0 Å². The molecule has 0 fully saturated rings. The third-order valence-electron chi connectivity index (χ3n) is 2.13. The minimum atomic E-state index is 1.05. The lowest BCUT2D eigenvalue weighted by Crippen LogP contribution is -2.13. The molecule has 62 valence electrons. The van der Waals surface area contributed by atoms with Crippen molar-refractivity contribution in [1.29, 1.82) is 0 Å². The van der Waals surface area contributed by atoms with Gasteiger partial charge in [0.2, 0.25) is 0 Å². The second-order valence-corrected chi connectivity index (χ2v) is 3.13. The van der Waals surface area contributed by atoms with Crippen LogP contribution in [0.2, 0.25) is 0 Å². The largest absolute Gasteiger partial charge is 0.373 e. The van der Waals surface area contributed by atoms with Crippen LogP contribution in [0, 0.1) is 0 Å². The molecule has 0 atom stereocenters. The highest BCUT2D eigenvalue weighted by atomic mass is 15.1. The van der Waals surface area contributed by atoms with Crippen LogP contribution in [0.3, 0.4) is 0 Å². The number of hydrogen-bond donors (Lipinski definition) is 0. The lowest BCUT2D eigenvalue weighted by Gasteiger charge is -2.14. The van der Waals surface area contributed by atoms with Crippen molar-refractivity contribution in [3.63, 3.8) is 0 Å². The molecule has 1 aliphatic rings. The summed E-state index contributed by atoms with van der Waals surface area (Å²) in [7, 11) is 0. The maximum atomic E-state index is 2.34. The normalized spacial score (nSPS) is 15.5. The Labute approximate surface area is 73.3 Å². The Bertz CT molecular complexity index is 264. The molecule has 0 amide bonds. The van der Waals surface area contributed by atoms with Crippen molar-refractivity contribution in [3.8, 4) is 0 Å². The second-order valence-electron chi connectivity index (χ2n) is 3.13. The molecule has 0 spiro atoms. The Morgan fingerprint density at radius 2 is 2.00 bits per heavy atom. The zero-order chi connectivity index (χ0) is 8.23. The SMILES string of the molecule is C1=CN(Cc2ccccc2)CC1. The molecule has 1 aromatic carbocycles. The molecule has 0 aliphatic carbocycles. The molecule has 0 saturated heterocycles. The first-order chi connectivity index (χ1) is 5.95. The van der Waals surface area contributed by atoms with E-state index in [1.807, 2.05) is 0 Å². The van der Waals surface area contributed by atoms with Crippen LogP contribution in [0.4, 0.5) is 0 Å².